The molecule has 0 saturated carbocycles. The van der Waals surface area contributed by atoms with Gasteiger partial charge in [-0.25, -0.2) is 9.97 Å². The summed E-state index contributed by atoms with van der Waals surface area (Å²) in [7, 11) is 0. The van der Waals surface area contributed by atoms with Crippen LogP contribution >= 0.6 is 11.3 Å². The molecule has 3 nitrogen and oxygen atoms in total. The first kappa shape index (κ1) is 8.44. The van der Waals surface area contributed by atoms with Crippen LogP contribution in [0.15, 0.2) is 28.5 Å². The Balaban J connectivity index is 2.42. The van der Waals surface area contributed by atoms with Crippen LogP contribution in [0.25, 0.3) is 0 Å². The Hall–Kier alpha value is -1.16. The van der Waals surface area contributed by atoms with Gasteiger partial charge in [0.1, 0.15) is 11.3 Å². The van der Waals surface area contributed by atoms with E-state index >= 15 is 0 Å². The molecule has 2 aromatic heterocycles. The highest BCUT2D eigenvalue weighted by Gasteiger charge is 2.30. The van der Waals surface area contributed by atoms with Crippen molar-refractivity contribution < 1.29 is 4.42 Å². The third-order valence-electron chi connectivity index (χ3n) is 1.93. The number of oxazole rings is 1. The van der Waals surface area contributed by atoms with Crippen LogP contribution in [0.3, 0.4) is 0 Å². The largest absolute Gasteiger partial charge is 0.448 e. The zero-order valence-corrected chi connectivity index (χ0v) is 8.34. The standard InChI is InChI=1S/C9H10N2OS/c1-9(2,7-10-3-5-12-7)8-11-4-6-13-8/h3-6H,1-2H3. The summed E-state index contributed by atoms with van der Waals surface area (Å²) >= 11 is 1.62. The van der Waals surface area contributed by atoms with Crippen molar-refractivity contribution in [3.63, 3.8) is 0 Å². The summed E-state index contributed by atoms with van der Waals surface area (Å²) in [6.07, 6.45) is 5.04. The molecule has 2 rings (SSSR count). The molecule has 0 aromatic carbocycles. The summed E-state index contributed by atoms with van der Waals surface area (Å²) in [4.78, 5) is 8.41. The SMILES string of the molecule is CC(C)(c1ncco1)c1nccs1. The van der Waals surface area contributed by atoms with E-state index in [1.165, 1.54) is 0 Å². The van der Waals surface area contributed by atoms with Crippen LogP contribution in [0.5, 0.6) is 0 Å². The van der Waals surface area contributed by atoms with Crippen molar-refractivity contribution in [2.24, 2.45) is 0 Å². The first-order valence-corrected chi connectivity index (χ1v) is 4.89. The molecule has 0 unspecified atom stereocenters. The lowest BCUT2D eigenvalue weighted by atomic mass is 9.94. The molecule has 2 aromatic rings. The van der Waals surface area contributed by atoms with Crippen LogP contribution < -0.4 is 0 Å². The number of hydrogen-bond acceptors (Lipinski definition) is 4. The van der Waals surface area contributed by atoms with Gasteiger partial charge < -0.3 is 4.42 Å². The van der Waals surface area contributed by atoms with Gasteiger partial charge in [-0.15, -0.1) is 11.3 Å². The lowest BCUT2D eigenvalue weighted by Gasteiger charge is -2.16. The average Bonchev–Trinajstić information content (AvgIpc) is 2.78. The Bertz CT molecular complexity index is 328. The second-order valence-corrected chi connectivity index (χ2v) is 4.19. The van der Waals surface area contributed by atoms with Crippen LogP contribution in [0.1, 0.15) is 24.7 Å². The molecule has 0 fully saturated rings. The monoisotopic (exact) mass is 194 g/mol. The van der Waals surface area contributed by atoms with E-state index in [9.17, 15) is 0 Å². The van der Waals surface area contributed by atoms with Crippen LogP contribution in [0.2, 0.25) is 0 Å². The molecule has 0 aliphatic rings. The molecule has 2 heterocycles. The molecule has 0 N–H and O–H groups in total. The van der Waals surface area contributed by atoms with Gasteiger partial charge in [0.15, 0.2) is 0 Å². The van der Waals surface area contributed by atoms with E-state index < -0.39 is 0 Å². The van der Waals surface area contributed by atoms with Gasteiger partial charge in [-0.3, -0.25) is 0 Å². The summed E-state index contributed by atoms with van der Waals surface area (Å²) in [6.45, 7) is 4.11. The van der Waals surface area contributed by atoms with Gasteiger partial charge in [0, 0.05) is 11.6 Å². The van der Waals surface area contributed by atoms with Crippen molar-refractivity contribution in [1.82, 2.24) is 9.97 Å². The van der Waals surface area contributed by atoms with Crippen LogP contribution in [-0.4, -0.2) is 9.97 Å². The average molecular weight is 194 g/mol. The third kappa shape index (κ3) is 1.37. The molecule has 0 aliphatic carbocycles. The fraction of sp³-hybridized carbons (Fsp3) is 0.333. The van der Waals surface area contributed by atoms with Crippen molar-refractivity contribution in [2.75, 3.05) is 0 Å². The minimum atomic E-state index is -0.225. The first-order valence-electron chi connectivity index (χ1n) is 4.01. The smallest absolute Gasteiger partial charge is 0.206 e. The quantitative estimate of drug-likeness (QED) is 0.737. The highest BCUT2D eigenvalue weighted by Crippen LogP contribution is 2.31. The van der Waals surface area contributed by atoms with E-state index in [1.807, 2.05) is 5.38 Å². The van der Waals surface area contributed by atoms with Gasteiger partial charge in [-0.1, -0.05) is 0 Å². The Morgan fingerprint density at radius 1 is 1.31 bits per heavy atom. The molecule has 0 atom stereocenters. The third-order valence-corrected chi connectivity index (χ3v) is 3.03. The van der Waals surface area contributed by atoms with Crippen LogP contribution in [0, 0.1) is 0 Å². The van der Waals surface area contributed by atoms with Gasteiger partial charge >= 0.3 is 0 Å². The number of rotatable bonds is 2. The molecular formula is C9H10N2OS. The van der Waals surface area contributed by atoms with E-state index in [0.717, 1.165) is 5.01 Å². The van der Waals surface area contributed by atoms with Crippen molar-refractivity contribution in [2.45, 2.75) is 19.3 Å². The van der Waals surface area contributed by atoms with Gasteiger partial charge in [0.25, 0.3) is 0 Å². The number of hydrogen-bond donors (Lipinski definition) is 0. The van der Waals surface area contributed by atoms with E-state index in [1.54, 1.807) is 30.0 Å². The number of nitrogens with zero attached hydrogens (tertiary/aromatic N) is 2. The molecule has 0 saturated heterocycles. The van der Waals surface area contributed by atoms with Gasteiger partial charge in [0.05, 0.1) is 11.6 Å². The van der Waals surface area contributed by atoms with Crippen molar-refractivity contribution in [3.05, 3.63) is 34.9 Å². The predicted octanol–water partition coefficient (Wildman–Crippen LogP) is 2.46. The molecule has 13 heavy (non-hydrogen) atoms. The predicted molar refractivity (Wildman–Crippen MR) is 50.7 cm³/mol. The Kier molecular flexibility index (Phi) is 1.92. The van der Waals surface area contributed by atoms with Crippen molar-refractivity contribution >= 4 is 11.3 Å². The fourth-order valence-electron chi connectivity index (χ4n) is 1.16. The maximum atomic E-state index is 5.28. The summed E-state index contributed by atoms with van der Waals surface area (Å²) in [5.74, 6) is 0.711. The summed E-state index contributed by atoms with van der Waals surface area (Å²) in [6, 6.07) is 0. The molecule has 0 radical (unpaired) electrons. The second kappa shape index (κ2) is 2.96. The summed E-state index contributed by atoms with van der Waals surface area (Å²) in [5, 5.41) is 2.98. The van der Waals surface area contributed by atoms with Crippen LogP contribution in [0.4, 0.5) is 0 Å². The minimum Gasteiger partial charge on any atom is -0.448 e. The maximum Gasteiger partial charge on any atom is 0.206 e. The van der Waals surface area contributed by atoms with E-state index in [4.69, 9.17) is 4.42 Å². The van der Waals surface area contributed by atoms with Crippen LogP contribution in [-0.2, 0) is 5.41 Å². The van der Waals surface area contributed by atoms with Gasteiger partial charge in [-0.05, 0) is 13.8 Å². The Labute approximate surface area is 80.5 Å². The van der Waals surface area contributed by atoms with E-state index in [2.05, 4.69) is 23.8 Å². The lowest BCUT2D eigenvalue weighted by Crippen LogP contribution is -2.18. The zero-order chi connectivity index (χ0) is 9.31. The maximum absolute atomic E-state index is 5.28. The molecular weight excluding hydrogens is 184 g/mol. The highest BCUT2D eigenvalue weighted by atomic mass is 32.1. The minimum absolute atomic E-state index is 0.225. The number of thiazole rings is 1. The van der Waals surface area contributed by atoms with E-state index in [0.29, 0.717) is 5.89 Å². The topological polar surface area (TPSA) is 38.9 Å². The number of aromatic nitrogens is 2. The van der Waals surface area contributed by atoms with Gasteiger partial charge in [-0.2, -0.15) is 0 Å². The van der Waals surface area contributed by atoms with E-state index in [-0.39, 0.29) is 5.41 Å². The molecule has 0 spiro atoms. The van der Waals surface area contributed by atoms with Crippen molar-refractivity contribution in [3.8, 4) is 0 Å². The molecule has 0 amide bonds. The zero-order valence-electron chi connectivity index (χ0n) is 7.52. The lowest BCUT2D eigenvalue weighted by molar-refractivity contribution is 0.411. The molecule has 68 valence electrons. The summed E-state index contributed by atoms with van der Waals surface area (Å²) < 4.78 is 5.28. The normalized spacial score (nSPS) is 11.8. The molecule has 0 bridgehead atoms. The fourth-order valence-corrected chi connectivity index (χ4v) is 1.91. The summed E-state index contributed by atoms with van der Waals surface area (Å²) in [5.41, 5.74) is -0.225. The highest BCUT2D eigenvalue weighted by molar-refractivity contribution is 7.09. The Morgan fingerprint density at radius 3 is 2.69 bits per heavy atom. The van der Waals surface area contributed by atoms with Crippen molar-refractivity contribution in [1.29, 1.82) is 0 Å². The van der Waals surface area contributed by atoms with Gasteiger partial charge in [0.2, 0.25) is 5.89 Å². The second-order valence-electron chi connectivity index (χ2n) is 3.30. The molecule has 0 aliphatic heterocycles. The Morgan fingerprint density at radius 2 is 2.15 bits per heavy atom. The molecule has 4 heteroatoms. The first-order chi connectivity index (χ1) is 6.21.